The zero-order valence-electron chi connectivity index (χ0n) is 13.5. The van der Waals surface area contributed by atoms with Crippen LogP contribution >= 0.6 is 0 Å². The minimum absolute atomic E-state index is 0.0558. The van der Waals surface area contributed by atoms with Crippen LogP contribution in [0.5, 0.6) is 0 Å². The largest absolute Gasteiger partial charge is 0.378 e. The number of rotatable bonds is 3. The van der Waals surface area contributed by atoms with Gasteiger partial charge in [0.2, 0.25) is 0 Å². The number of aromatic nitrogens is 2. The molecule has 0 saturated carbocycles. The summed E-state index contributed by atoms with van der Waals surface area (Å²) in [6, 6.07) is 4.07. The highest BCUT2D eigenvalue weighted by molar-refractivity contribution is 6.04. The fourth-order valence-corrected chi connectivity index (χ4v) is 2.49. The summed E-state index contributed by atoms with van der Waals surface area (Å²) in [6.45, 7) is 1.80. The van der Waals surface area contributed by atoms with Crippen molar-refractivity contribution in [2.24, 2.45) is 7.05 Å². The van der Waals surface area contributed by atoms with Crippen LogP contribution in [0.1, 0.15) is 21.0 Å². The number of morpholine rings is 1. The zero-order valence-corrected chi connectivity index (χ0v) is 13.5. The van der Waals surface area contributed by atoms with Gasteiger partial charge in [0, 0.05) is 32.3 Å². The van der Waals surface area contributed by atoms with Gasteiger partial charge in [-0.2, -0.15) is 5.10 Å². The smallest absolute Gasteiger partial charge is 0.274 e. The fourth-order valence-electron chi connectivity index (χ4n) is 2.49. The predicted octanol–water partition coefficient (Wildman–Crippen LogP) is 1.42. The van der Waals surface area contributed by atoms with Gasteiger partial charge in [-0.15, -0.1) is 0 Å². The van der Waals surface area contributed by atoms with Crippen LogP contribution in [0.15, 0.2) is 24.3 Å². The first-order chi connectivity index (χ1) is 12.0. The molecule has 1 aromatic heterocycles. The SMILES string of the molecule is Cn1nc(C(=O)N2CCOCC2)cc1C(=O)Nc1cc(F)ccc1F. The summed E-state index contributed by atoms with van der Waals surface area (Å²) in [5.41, 5.74) is -0.123. The Kier molecular flexibility index (Phi) is 4.75. The third kappa shape index (κ3) is 3.66. The number of nitrogens with zero attached hydrogens (tertiary/aromatic N) is 3. The number of carbonyl (C=O) groups is 2. The first-order valence-electron chi connectivity index (χ1n) is 7.63. The minimum atomic E-state index is -0.762. The molecule has 1 saturated heterocycles. The molecule has 132 valence electrons. The maximum Gasteiger partial charge on any atom is 0.274 e. The maximum atomic E-state index is 13.6. The van der Waals surface area contributed by atoms with Crippen LogP contribution in [-0.4, -0.2) is 52.8 Å². The normalized spacial score (nSPS) is 14.4. The standard InChI is InChI=1S/C16H16F2N4O3/c1-21-14(15(23)19-12-8-10(17)2-3-11(12)18)9-13(20-21)16(24)22-4-6-25-7-5-22/h2-3,8-9H,4-7H2,1H3,(H,19,23). The molecule has 7 nitrogen and oxygen atoms in total. The highest BCUT2D eigenvalue weighted by atomic mass is 19.1. The van der Waals surface area contributed by atoms with Gasteiger partial charge in [-0.3, -0.25) is 14.3 Å². The Hall–Kier alpha value is -2.81. The lowest BCUT2D eigenvalue weighted by molar-refractivity contribution is 0.0298. The van der Waals surface area contributed by atoms with Crippen molar-refractivity contribution in [2.45, 2.75) is 0 Å². The molecule has 2 amide bonds. The Balaban J connectivity index is 1.78. The molecular formula is C16H16F2N4O3. The van der Waals surface area contributed by atoms with Gasteiger partial charge in [0.05, 0.1) is 18.9 Å². The molecule has 0 atom stereocenters. The summed E-state index contributed by atoms with van der Waals surface area (Å²) < 4.78 is 33.3. The number of hydrogen-bond acceptors (Lipinski definition) is 4. The van der Waals surface area contributed by atoms with E-state index in [1.165, 1.54) is 17.8 Å². The monoisotopic (exact) mass is 350 g/mol. The van der Waals surface area contributed by atoms with Gasteiger partial charge >= 0.3 is 0 Å². The Bertz CT molecular complexity index is 816. The average Bonchev–Trinajstić information content (AvgIpc) is 3.00. The van der Waals surface area contributed by atoms with E-state index in [1.54, 1.807) is 4.90 Å². The summed E-state index contributed by atoms with van der Waals surface area (Å²) >= 11 is 0. The second-order valence-corrected chi connectivity index (χ2v) is 5.52. The molecule has 0 radical (unpaired) electrons. The van der Waals surface area contributed by atoms with Crippen LogP contribution in [0, 0.1) is 11.6 Å². The first-order valence-corrected chi connectivity index (χ1v) is 7.63. The van der Waals surface area contributed by atoms with E-state index in [1.807, 2.05) is 0 Å². The molecule has 0 spiro atoms. The van der Waals surface area contributed by atoms with Crippen LogP contribution in [0.25, 0.3) is 0 Å². The van der Waals surface area contributed by atoms with Gasteiger partial charge in [0.1, 0.15) is 17.3 Å². The van der Waals surface area contributed by atoms with Crippen molar-refractivity contribution in [3.8, 4) is 0 Å². The van der Waals surface area contributed by atoms with Crippen molar-refractivity contribution in [3.05, 3.63) is 47.3 Å². The second-order valence-electron chi connectivity index (χ2n) is 5.52. The van der Waals surface area contributed by atoms with E-state index < -0.39 is 17.5 Å². The van der Waals surface area contributed by atoms with Gasteiger partial charge < -0.3 is 15.0 Å². The molecule has 1 N–H and O–H groups in total. The predicted molar refractivity (Wildman–Crippen MR) is 84.2 cm³/mol. The van der Waals surface area contributed by atoms with Gasteiger partial charge in [-0.25, -0.2) is 8.78 Å². The number of hydrogen-bond donors (Lipinski definition) is 1. The number of anilines is 1. The third-order valence-electron chi connectivity index (χ3n) is 3.81. The number of ether oxygens (including phenoxy) is 1. The molecule has 0 aliphatic carbocycles. The highest BCUT2D eigenvalue weighted by Crippen LogP contribution is 2.17. The molecule has 9 heteroatoms. The molecular weight excluding hydrogens is 334 g/mol. The number of benzene rings is 1. The van der Waals surface area contributed by atoms with Gasteiger partial charge in [0.15, 0.2) is 5.69 Å². The van der Waals surface area contributed by atoms with Gasteiger partial charge in [0.25, 0.3) is 11.8 Å². The van der Waals surface area contributed by atoms with E-state index in [-0.39, 0.29) is 23.0 Å². The van der Waals surface area contributed by atoms with E-state index in [9.17, 15) is 18.4 Å². The maximum absolute atomic E-state index is 13.6. The van der Waals surface area contributed by atoms with Crippen LogP contribution in [0.3, 0.4) is 0 Å². The highest BCUT2D eigenvalue weighted by Gasteiger charge is 2.24. The molecule has 2 aromatic rings. The molecule has 25 heavy (non-hydrogen) atoms. The Morgan fingerprint density at radius 1 is 1.20 bits per heavy atom. The summed E-state index contributed by atoms with van der Waals surface area (Å²) in [7, 11) is 1.49. The molecule has 0 bridgehead atoms. The Morgan fingerprint density at radius 2 is 1.92 bits per heavy atom. The lowest BCUT2D eigenvalue weighted by Crippen LogP contribution is -2.40. The van der Waals surface area contributed by atoms with Crippen molar-refractivity contribution in [1.29, 1.82) is 0 Å². The van der Waals surface area contributed by atoms with Gasteiger partial charge in [-0.05, 0) is 12.1 Å². The molecule has 1 fully saturated rings. The van der Waals surface area contributed by atoms with Crippen molar-refractivity contribution in [3.63, 3.8) is 0 Å². The molecule has 0 unspecified atom stereocenters. The number of amides is 2. The fraction of sp³-hybridized carbons (Fsp3) is 0.312. The van der Waals surface area contributed by atoms with Crippen molar-refractivity contribution in [2.75, 3.05) is 31.6 Å². The van der Waals surface area contributed by atoms with Crippen LogP contribution in [0.2, 0.25) is 0 Å². The summed E-state index contributed by atoms with van der Waals surface area (Å²) in [5.74, 6) is -2.44. The lowest BCUT2D eigenvalue weighted by Gasteiger charge is -2.25. The topological polar surface area (TPSA) is 76.5 Å². The quantitative estimate of drug-likeness (QED) is 0.908. The minimum Gasteiger partial charge on any atom is -0.378 e. The molecule has 1 aliphatic heterocycles. The molecule has 1 aromatic carbocycles. The van der Waals surface area contributed by atoms with Crippen LogP contribution in [0.4, 0.5) is 14.5 Å². The van der Waals surface area contributed by atoms with Crippen molar-refractivity contribution < 1.29 is 23.1 Å². The summed E-state index contributed by atoms with van der Waals surface area (Å²) in [6.07, 6.45) is 0. The third-order valence-corrected chi connectivity index (χ3v) is 3.81. The average molecular weight is 350 g/mol. The van der Waals surface area contributed by atoms with E-state index in [2.05, 4.69) is 10.4 Å². The second kappa shape index (κ2) is 6.98. The van der Waals surface area contributed by atoms with E-state index in [0.717, 1.165) is 18.2 Å². The van der Waals surface area contributed by atoms with Crippen molar-refractivity contribution >= 4 is 17.5 Å². The van der Waals surface area contributed by atoms with E-state index >= 15 is 0 Å². The summed E-state index contributed by atoms with van der Waals surface area (Å²) in [5, 5.41) is 6.32. The molecule has 3 rings (SSSR count). The number of aryl methyl sites for hydroxylation is 1. The van der Waals surface area contributed by atoms with Crippen LogP contribution < -0.4 is 5.32 Å². The number of nitrogens with one attached hydrogen (secondary N) is 1. The summed E-state index contributed by atoms with van der Waals surface area (Å²) in [4.78, 5) is 26.3. The number of carbonyl (C=O) groups excluding carboxylic acids is 2. The first kappa shape index (κ1) is 17.0. The molecule has 2 heterocycles. The van der Waals surface area contributed by atoms with E-state index in [0.29, 0.717) is 26.3 Å². The lowest BCUT2D eigenvalue weighted by atomic mass is 10.2. The van der Waals surface area contributed by atoms with Crippen molar-refractivity contribution in [1.82, 2.24) is 14.7 Å². The van der Waals surface area contributed by atoms with Crippen LogP contribution in [-0.2, 0) is 11.8 Å². The van der Waals surface area contributed by atoms with Gasteiger partial charge in [-0.1, -0.05) is 0 Å². The zero-order chi connectivity index (χ0) is 18.0. The Labute approximate surface area is 142 Å². The number of halogens is 2. The molecule has 1 aliphatic rings. The van der Waals surface area contributed by atoms with E-state index in [4.69, 9.17) is 4.74 Å². The Morgan fingerprint density at radius 3 is 2.64 bits per heavy atom.